The molecule has 0 amide bonds. The Bertz CT molecular complexity index is 627. The maximum absolute atomic E-state index is 12.0. The van der Waals surface area contributed by atoms with E-state index in [4.69, 9.17) is 0 Å². The summed E-state index contributed by atoms with van der Waals surface area (Å²) >= 11 is 0. The summed E-state index contributed by atoms with van der Waals surface area (Å²) in [6, 6.07) is 3.07. The molecule has 136 valence electrons. The van der Waals surface area contributed by atoms with Crippen LogP contribution in [0.25, 0.3) is 0 Å². The van der Waals surface area contributed by atoms with Crippen LogP contribution in [-0.4, -0.2) is 68.2 Å². The summed E-state index contributed by atoms with van der Waals surface area (Å²) in [7, 11) is -3.55. The number of hydrogen-bond donors (Lipinski definition) is 3. The van der Waals surface area contributed by atoms with Crippen LogP contribution in [0.3, 0.4) is 0 Å². The van der Waals surface area contributed by atoms with Crippen LogP contribution in [0.15, 0.2) is 34.4 Å². The summed E-state index contributed by atoms with van der Waals surface area (Å²) in [5, 5.41) is 12.8. The number of β-amino-alcohol motifs (C(OH)–C–C–N with tert-alkyl or cyclic N) is 1. The minimum Gasteiger partial charge on any atom is -0.391 e. The van der Waals surface area contributed by atoms with Crippen LogP contribution < -0.4 is 10.0 Å². The summed E-state index contributed by atoms with van der Waals surface area (Å²) in [5.74, 6) is 0.699. The van der Waals surface area contributed by atoms with Gasteiger partial charge in [-0.2, -0.15) is 0 Å². The first-order chi connectivity index (χ1) is 11.0. The second kappa shape index (κ2) is 10.1. The van der Waals surface area contributed by atoms with Crippen LogP contribution in [0, 0.1) is 0 Å². The van der Waals surface area contributed by atoms with E-state index >= 15 is 0 Å². The highest BCUT2D eigenvalue weighted by Gasteiger charge is 2.22. The molecular weight excluding hydrogens is 445 g/mol. The molecular formula is C14H24IN5O3S. The van der Waals surface area contributed by atoms with Gasteiger partial charge >= 0.3 is 0 Å². The van der Waals surface area contributed by atoms with E-state index in [-0.39, 0.29) is 41.5 Å². The van der Waals surface area contributed by atoms with Crippen LogP contribution in [0.5, 0.6) is 0 Å². The molecule has 1 aliphatic rings. The van der Waals surface area contributed by atoms with Gasteiger partial charge in [0, 0.05) is 38.6 Å². The first-order valence-corrected chi connectivity index (χ1v) is 9.12. The van der Waals surface area contributed by atoms with Crippen molar-refractivity contribution < 1.29 is 13.5 Å². The van der Waals surface area contributed by atoms with Gasteiger partial charge in [0.2, 0.25) is 10.0 Å². The molecule has 24 heavy (non-hydrogen) atoms. The SMILES string of the molecule is CCNC(=NCCNS(=O)(=O)c1cccnc1)N1CC[C@@H](O)C1.I. The molecule has 0 spiro atoms. The molecule has 2 heterocycles. The Morgan fingerprint density at radius 3 is 2.92 bits per heavy atom. The monoisotopic (exact) mass is 469 g/mol. The summed E-state index contributed by atoms with van der Waals surface area (Å²) in [4.78, 5) is 10.3. The molecule has 3 N–H and O–H groups in total. The van der Waals surface area contributed by atoms with Gasteiger partial charge < -0.3 is 15.3 Å². The Kier molecular flexibility index (Phi) is 8.87. The quantitative estimate of drug-likeness (QED) is 0.235. The number of sulfonamides is 1. The predicted molar refractivity (Wildman–Crippen MR) is 103 cm³/mol. The minimum atomic E-state index is -3.55. The molecule has 0 aliphatic carbocycles. The smallest absolute Gasteiger partial charge is 0.242 e. The van der Waals surface area contributed by atoms with E-state index < -0.39 is 10.0 Å². The number of aliphatic hydroxyl groups is 1. The van der Waals surface area contributed by atoms with Crippen molar-refractivity contribution in [1.29, 1.82) is 0 Å². The zero-order valence-corrected chi connectivity index (χ0v) is 16.7. The third-order valence-corrected chi connectivity index (χ3v) is 4.85. The summed E-state index contributed by atoms with van der Waals surface area (Å²) in [6.45, 7) is 4.48. The number of halogens is 1. The maximum atomic E-state index is 12.0. The van der Waals surface area contributed by atoms with Crippen molar-refractivity contribution in [1.82, 2.24) is 19.9 Å². The average Bonchev–Trinajstić information content (AvgIpc) is 2.97. The fourth-order valence-electron chi connectivity index (χ4n) is 2.29. The zero-order valence-electron chi connectivity index (χ0n) is 13.6. The number of pyridine rings is 1. The topological polar surface area (TPSA) is 107 Å². The Morgan fingerprint density at radius 1 is 1.54 bits per heavy atom. The van der Waals surface area contributed by atoms with Crippen molar-refractivity contribution in [3.05, 3.63) is 24.5 Å². The first-order valence-electron chi connectivity index (χ1n) is 7.64. The van der Waals surface area contributed by atoms with E-state index in [1.54, 1.807) is 6.07 Å². The number of nitrogens with zero attached hydrogens (tertiary/aromatic N) is 3. The highest BCUT2D eigenvalue weighted by molar-refractivity contribution is 14.0. The third-order valence-electron chi connectivity index (χ3n) is 3.41. The lowest BCUT2D eigenvalue weighted by Gasteiger charge is -2.20. The van der Waals surface area contributed by atoms with Crippen molar-refractivity contribution in [2.24, 2.45) is 4.99 Å². The number of guanidine groups is 1. The lowest BCUT2D eigenvalue weighted by atomic mass is 10.3. The Hall–Kier alpha value is -0.980. The molecule has 0 bridgehead atoms. The Morgan fingerprint density at radius 2 is 2.33 bits per heavy atom. The number of aromatic nitrogens is 1. The summed E-state index contributed by atoms with van der Waals surface area (Å²) in [5.41, 5.74) is 0. The normalized spacial score (nSPS) is 18.3. The molecule has 1 fully saturated rings. The minimum absolute atomic E-state index is 0. The molecule has 1 aromatic heterocycles. The molecule has 0 saturated carbocycles. The Labute approximate surface area is 159 Å². The molecule has 10 heteroatoms. The second-order valence-electron chi connectivity index (χ2n) is 5.21. The van der Waals surface area contributed by atoms with E-state index in [0.717, 1.165) is 13.0 Å². The number of rotatable bonds is 6. The van der Waals surface area contributed by atoms with Crippen molar-refractivity contribution >= 4 is 40.0 Å². The van der Waals surface area contributed by atoms with Crippen molar-refractivity contribution in [2.45, 2.75) is 24.3 Å². The summed E-state index contributed by atoms with van der Waals surface area (Å²) < 4.78 is 26.6. The number of nitrogens with one attached hydrogen (secondary N) is 2. The lowest BCUT2D eigenvalue weighted by molar-refractivity contribution is 0.188. The number of aliphatic imine (C=N–C) groups is 1. The highest BCUT2D eigenvalue weighted by Crippen LogP contribution is 2.08. The second-order valence-corrected chi connectivity index (χ2v) is 6.98. The summed E-state index contributed by atoms with van der Waals surface area (Å²) in [6.07, 6.45) is 3.22. The van der Waals surface area contributed by atoms with Gasteiger partial charge in [0.05, 0.1) is 12.6 Å². The van der Waals surface area contributed by atoms with Crippen molar-refractivity contribution in [3.8, 4) is 0 Å². The highest BCUT2D eigenvalue weighted by atomic mass is 127. The van der Waals surface area contributed by atoms with Gasteiger partial charge in [0.25, 0.3) is 0 Å². The average molecular weight is 469 g/mol. The van der Waals surface area contributed by atoms with Crippen LogP contribution in [0.2, 0.25) is 0 Å². The van der Waals surface area contributed by atoms with Gasteiger partial charge in [0.15, 0.2) is 5.96 Å². The molecule has 2 rings (SSSR count). The van der Waals surface area contributed by atoms with E-state index in [2.05, 4.69) is 20.0 Å². The van der Waals surface area contributed by atoms with Gasteiger partial charge in [-0.1, -0.05) is 0 Å². The third kappa shape index (κ3) is 6.15. The molecule has 8 nitrogen and oxygen atoms in total. The van der Waals surface area contributed by atoms with E-state index in [1.807, 2.05) is 11.8 Å². The van der Waals surface area contributed by atoms with Crippen LogP contribution in [-0.2, 0) is 10.0 Å². The standard InChI is InChI=1S/C14H23N5O3S.HI/c1-2-16-14(19-9-5-12(20)11-19)17-7-8-18-23(21,22)13-4-3-6-15-10-13;/h3-4,6,10,12,18,20H,2,5,7-9,11H2,1H3,(H,16,17);1H/t12-;/m1./s1. The van der Waals surface area contributed by atoms with Gasteiger partial charge in [-0.3, -0.25) is 9.98 Å². The van der Waals surface area contributed by atoms with Crippen LogP contribution >= 0.6 is 24.0 Å². The van der Waals surface area contributed by atoms with E-state index in [9.17, 15) is 13.5 Å². The van der Waals surface area contributed by atoms with Crippen LogP contribution in [0.1, 0.15) is 13.3 Å². The maximum Gasteiger partial charge on any atom is 0.242 e. The fraction of sp³-hybridized carbons (Fsp3) is 0.571. The predicted octanol–water partition coefficient (Wildman–Crippen LogP) is 0.0100. The molecule has 1 atom stereocenters. The lowest BCUT2D eigenvalue weighted by Crippen LogP contribution is -2.41. The van der Waals surface area contributed by atoms with Crippen molar-refractivity contribution in [2.75, 3.05) is 32.7 Å². The van der Waals surface area contributed by atoms with Gasteiger partial charge in [-0.25, -0.2) is 13.1 Å². The fourth-order valence-corrected chi connectivity index (χ4v) is 3.28. The Balaban J connectivity index is 0.00000288. The molecule has 0 radical (unpaired) electrons. The van der Waals surface area contributed by atoms with Gasteiger partial charge in [0.1, 0.15) is 4.90 Å². The van der Waals surface area contributed by atoms with Crippen LogP contribution in [0.4, 0.5) is 0 Å². The van der Waals surface area contributed by atoms with Gasteiger partial charge in [-0.15, -0.1) is 24.0 Å². The van der Waals surface area contributed by atoms with E-state index in [0.29, 0.717) is 25.6 Å². The van der Waals surface area contributed by atoms with E-state index in [1.165, 1.54) is 18.5 Å². The number of likely N-dealkylation sites (tertiary alicyclic amines) is 1. The van der Waals surface area contributed by atoms with Gasteiger partial charge in [-0.05, 0) is 25.5 Å². The molecule has 1 aliphatic heterocycles. The molecule has 0 unspecified atom stereocenters. The van der Waals surface area contributed by atoms with Crippen molar-refractivity contribution in [3.63, 3.8) is 0 Å². The number of aliphatic hydroxyl groups excluding tert-OH is 1. The largest absolute Gasteiger partial charge is 0.391 e. The number of hydrogen-bond acceptors (Lipinski definition) is 5. The first kappa shape index (κ1) is 21.1. The molecule has 1 saturated heterocycles. The zero-order chi connectivity index (χ0) is 16.7. The molecule has 0 aromatic carbocycles. The molecule has 1 aromatic rings.